The number of benzene rings is 4. The third-order valence-corrected chi connectivity index (χ3v) is 10.6. The SMILES string of the molecule is C[C@@H]1c2c(sc3ccc(-c4ccc5cc6c(cc5c4)sc4ccc(N)cc46)c(N)c23)C=C2CC=CC=CC21. The van der Waals surface area contributed by atoms with Crippen LogP contribution < -0.4 is 11.5 Å². The average Bonchev–Trinajstić information content (AvgIpc) is 3.36. The summed E-state index contributed by atoms with van der Waals surface area (Å²) in [5.74, 6) is 0.831. The molecule has 6 aromatic rings. The van der Waals surface area contributed by atoms with Crippen LogP contribution in [0.25, 0.3) is 58.2 Å². The van der Waals surface area contributed by atoms with Gasteiger partial charge in [0.1, 0.15) is 0 Å². The van der Waals surface area contributed by atoms with Crippen molar-refractivity contribution in [2.75, 3.05) is 11.5 Å². The predicted molar refractivity (Wildman–Crippen MR) is 169 cm³/mol. The Morgan fingerprint density at radius 1 is 0.789 bits per heavy atom. The summed E-state index contributed by atoms with van der Waals surface area (Å²) >= 11 is 3.70. The summed E-state index contributed by atoms with van der Waals surface area (Å²) in [5.41, 5.74) is 20.0. The normalized spacial score (nSPS) is 18.7. The molecular formula is C34H26N2S2. The van der Waals surface area contributed by atoms with Gasteiger partial charge >= 0.3 is 0 Å². The molecule has 38 heavy (non-hydrogen) atoms. The van der Waals surface area contributed by atoms with Gasteiger partial charge in [0.2, 0.25) is 0 Å². The first-order valence-electron chi connectivity index (χ1n) is 13.1. The smallest absolute Gasteiger partial charge is 0.0485 e. The van der Waals surface area contributed by atoms with Gasteiger partial charge in [-0.2, -0.15) is 0 Å². The minimum atomic E-state index is 0.402. The van der Waals surface area contributed by atoms with Crippen LogP contribution in [0, 0.1) is 5.92 Å². The molecule has 2 aromatic heterocycles. The number of thiophene rings is 2. The molecule has 4 heteroatoms. The number of allylic oxidation sites excluding steroid dienone is 5. The van der Waals surface area contributed by atoms with Gasteiger partial charge in [-0.1, -0.05) is 55.0 Å². The molecule has 4 N–H and O–H groups in total. The van der Waals surface area contributed by atoms with E-state index in [9.17, 15) is 0 Å². The number of nitrogens with two attached hydrogens (primary N) is 2. The van der Waals surface area contributed by atoms with E-state index in [1.807, 2.05) is 28.7 Å². The molecule has 0 amide bonds. The van der Waals surface area contributed by atoms with Crippen molar-refractivity contribution in [1.82, 2.24) is 0 Å². The zero-order valence-corrected chi connectivity index (χ0v) is 22.6. The van der Waals surface area contributed by atoms with E-state index in [-0.39, 0.29) is 0 Å². The van der Waals surface area contributed by atoms with Gasteiger partial charge in [-0.25, -0.2) is 0 Å². The number of hydrogen-bond acceptors (Lipinski definition) is 4. The highest BCUT2D eigenvalue weighted by Gasteiger charge is 2.31. The minimum Gasteiger partial charge on any atom is -0.399 e. The number of fused-ring (bicyclic) bond motifs is 8. The molecule has 0 bridgehead atoms. The van der Waals surface area contributed by atoms with Gasteiger partial charge in [0.05, 0.1) is 0 Å². The van der Waals surface area contributed by atoms with Crippen molar-refractivity contribution in [3.63, 3.8) is 0 Å². The van der Waals surface area contributed by atoms with Crippen molar-refractivity contribution < 1.29 is 0 Å². The zero-order chi connectivity index (χ0) is 25.5. The third kappa shape index (κ3) is 3.17. The molecule has 0 saturated carbocycles. The lowest BCUT2D eigenvalue weighted by Gasteiger charge is -2.28. The fraction of sp³-hybridized carbons (Fsp3) is 0.118. The van der Waals surface area contributed by atoms with E-state index < -0.39 is 0 Å². The Labute approximate surface area is 229 Å². The van der Waals surface area contributed by atoms with E-state index >= 15 is 0 Å². The molecule has 2 nitrogen and oxygen atoms in total. The molecule has 8 rings (SSSR count). The number of hydrogen-bond donors (Lipinski definition) is 2. The summed E-state index contributed by atoms with van der Waals surface area (Å²) < 4.78 is 3.84. The molecule has 2 heterocycles. The van der Waals surface area contributed by atoms with Gasteiger partial charge in [-0.3, -0.25) is 0 Å². The maximum absolute atomic E-state index is 7.03. The second-order valence-corrected chi connectivity index (χ2v) is 12.8. The van der Waals surface area contributed by atoms with Crippen LogP contribution >= 0.6 is 22.7 Å². The van der Waals surface area contributed by atoms with Crippen LogP contribution in [0.3, 0.4) is 0 Å². The summed E-state index contributed by atoms with van der Waals surface area (Å²) in [6, 6.07) is 22.0. The Bertz CT molecular complexity index is 2050. The molecular weight excluding hydrogens is 501 g/mol. The van der Waals surface area contributed by atoms with Crippen molar-refractivity contribution >= 4 is 81.2 Å². The van der Waals surface area contributed by atoms with Gasteiger partial charge in [-0.05, 0) is 82.8 Å². The highest BCUT2D eigenvalue weighted by Crippen LogP contribution is 2.51. The quantitative estimate of drug-likeness (QED) is 0.209. The van der Waals surface area contributed by atoms with E-state index in [1.165, 1.54) is 62.6 Å². The maximum atomic E-state index is 7.03. The Morgan fingerprint density at radius 3 is 2.58 bits per heavy atom. The molecule has 2 aliphatic rings. The van der Waals surface area contributed by atoms with E-state index in [1.54, 1.807) is 0 Å². The summed E-state index contributed by atoms with van der Waals surface area (Å²) in [4.78, 5) is 1.37. The van der Waals surface area contributed by atoms with Crippen LogP contribution in [0.1, 0.15) is 29.7 Å². The lowest BCUT2D eigenvalue weighted by Crippen LogP contribution is -2.14. The van der Waals surface area contributed by atoms with E-state index in [0.29, 0.717) is 11.8 Å². The minimum absolute atomic E-state index is 0.402. The van der Waals surface area contributed by atoms with Crippen LogP contribution in [-0.2, 0) is 0 Å². The fourth-order valence-electron chi connectivity index (χ4n) is 6.49. The van der Waals surface area contributed by atoms with Gasteiger partial charge < -0.3 is 11.5 Å². The molecule has 184 valence electrons. The van der Waals surface area contributed by atoms with E-state index in [2.05, 4.69) is 91.9 Å². The third-order valence-electron chi connectivity index (χ3n) is 8.38. The fourth-order valence-corrected chi connectivity index (χ4v) is 8.91. The van der Waals surface area contributed by atoms with Gasteiger partial charge in [-0.15, -0.1) is 22.7 Å². The molecule has 0 radical (unpaired) electrons. The van der Waals surface area contributed by atoms with Crippen molar-refractivity contribution in [3.05, 3.63) is 101 Å². The van der Waals surface area contributed by atoms with Crippen LogP contribution in [0.2, 0.25) is 0 Å². The Kier molecular flexibility index (Phi) is 4.70. The van der Waals surface area contributed by atoms with E-state index in [0.717, 1.165) is 23.4 Å². The zero-order valence-electron chi connectivity index (χ0n) is 21.0. The molecule has 0 aliphatic heterocycles. The van der Waals surface area contributed by atoms with E-state index in [4.69, 9.17) is 11.5 Å². The topological polar surface area (TPSA) is 52.0 Å². The highest BCUT2D eigenvalue weighted by molar-refractivity contribution is 7.25. The number of nitrogen functional groups attached to an aromatic ring is 2. The lowest BCUT2D eigenvalue weighted by atomic mass is 9.76. The maximum Gasteiger partial charge on any atom is 0.0485 e. The predicted octanol–water partition coefficient (Wildman–Crippen LogP) is 9.89. The van der Waals surface area contributed by atoms with Crippen molar-refractivity contribution in [2.24, 2.45) is 5.92 Å². The summed E-state index contributed by atoms with van der Waals surface area (Å²) in [6.07, 6.45) is 12.4. The Hall–Kier alpha value is -3.86. The van der Waals surface area contributed by atoms with Gasteiger partial charge in [0.25, 0.3) is 0 Å². The van der Waals surface area contributed by atoms with Crippen LogP contribution in [-0.4, -0.2) is 0 Å². The Balaban J connectivity index is 1.29. The molecule has 2 atom stereocenters. The lowest BCUT2D eigenvalue weighted by molar-refractivity contribution is 0.608. The Morgan fingerprint density at radius 2 is 1.66 bits per heavy atom. The summed E-state index contributed by atoms with van der Waals surface area (Å²) in [6.45, 7) is 2.37. The van der Waals surface area contributed by atoms with Crippen LogP contribution in [0.4, 0.5) is 11.4 Å². The first-order valence-corrected chi connectivity index (χ1v) is 14.7. The number of anilines is 2. The summed E-state index contributed by atoms with van der Waals surface area (Å²) in [7, 11) is 0. The molecule has 0 spiro atoms. The number of rotatable bonds is 1. The monoisotopic (exact) mass is 526 g/mol. The van der Waals surface area contributed by atoms with Crippen molar-refractivity contribution in [1.29, 1.82) is 0 Å². The van der Waals surface area contributed by atoms with Gasteiger partial charge in [0, 0.05) is 58.0 Å². The second-order valence-electron chi connectivity index (χ2n) is 10.6. The second kappa shape index (κ2) is 8.07. The molecule has 0 fully saturated rings. The average molecular weight is 527 g/mol. The first-order chi connectivity index (χ1) is 18.5. The van der Waals surface area contributed by atoms with Crippen molar-refractivity contribution in [2.45, 2.75) is 19.3 Å². The molecule has 4 aromatic carbocycles. The van der Waals surface area contributed by atoms with Crippen LogP contribution in [0.5, 0.6) is 0 Å². The molecule has 2 aliphatic carbocycles. The molecule has 1 unspecified atom stereocenters. The van der Waals surface area contributed by atoms with Gasteiger partial charge in [0.15, 0.2) is 0 Å². The van der Waals surface area contributed by atoms with Crippen molar-refractivity contribution in [3.8, 4) is 11.1 Å². The standard InChI is InChI=1S/C34H26N2S2/c1-18-24-6-4-2-3-5-20(24)15-31-32(18)33-29(38-31)12-10-25(34(33)36)21-8-7-19-14-26-27-17-23(35)9-11-28(27)37-30(26)16-22(19)13-21/h2-4,6-18,24H,5,35-36H2,1H3/t18-,24?/m0/s1. The largest absolute Gasteiger partial charge is 0.399 e. The molecule has 0 saturated heterocycles. The van der Waals surface area contributed by atoms with Crippen LogP contribution in [0.15, 0.2) is 90.5 Å². The first kappa shape index (κ1) is 22.2. The summed E-state index contributed by atoms with van der Waals surface area (Å²) in [5, 5.41) is 6.22. The highest BCUT2D eigenvalue weighted by atomic mass is 32.1.